The molecule has 14 heteroatoms. The van der Waals surface area contributed by atoms with Crippen molar-refractivity contribution in [1.29, 1.82) is 5.26 Å². The summed E-state index contributed by atoms with van der Waals surface area (Å²) in [6, 6.07) is 131. The number of nitriles is 1. The Labute approximate surface area is 695 Å². The van der Waals surface area contributed by atoms with Crippen LogP contribution in [0.4, 0.5) is 4.39 Å². The molecule has 6 radical (unpaired) electrons. The van der Waals surface area contributed by atoms with Gasteiger partial charge in [-0.2, -0.15) is 0 Å². The van der Waals surface area contributed by atoms with Crippen LogP contribution in [0.5, 0.6) is 0 Å². The Hall–Kier alpha value is -9.58. The SMILES string of the molecule is Fc1c[c-]c(-c2ccccn2)cc1.N#Cc1c[c-]c(-c2ccccn2)cc1.[Ir].[Ir].[Ir].[Ir].[Ir].[Ir].[c-]1cc(-c2ccccc2)ccc1-c1ccccn1.[c-]1ccc(-c2ccccc2)cc1-c1ccccn1.[c-]1cccc(-c2ccccc2)c1-c1ccccn1.[c-]1ccccc1-c1ncccc1-c1ccccc1. The standard InChI is InChI=1S/4C17H12N.C12H7N2.C11H7FN.6Ir/c1-3-8-14(9-4-1)16-12-7-13-18-17(16)15-10-5-2-6-11-15;1-2-8-14(9-3-1)15-10-4-5-11-16(15)17-12-6-7-13-18-17;1-2-7-14(8-3-1)15-9-6-10-16(13-15)17-11-4-5-12-18-17;1-2-6-14(7-3-1)15-9-11-16(12-10-15)17-8-4-5-13-18-17;13-9-10-4-6-11(7-5-10)12-3-1-2-8-14-12;12-10-6-4-9(5-7-10)11-3-1-2-8-13-11;;;;;;/h2*1-10,12-13H;1-9,11-13H;1-11,13H;1-6,8H;1-4,6-8H;;;;;;/q6*-1;;;;;;. The number of aromatic nitrogens is 6. The van der Waals surface area contributed by atoms with E-state index in [1.54, 1.807) is 43.0 Å². The van der Waals surface area contributed by atoms with E-state index in [2.05, 4.69) is 157 Å². The monoisotopic (exact) mass is 2430 g/mol. The van der Waals surface area contributed by atoms with Crippen molar-refractivity contribution in [3.8, 4) is 118 Å². The van der Waals surface area contributed by atoms with Gasteiger partial charge in [0.15, 0.2) is 0 Å². The Balaban J connectivity index is 0.000000225. The van der Waals surface area contributed by atoms with Gasteiger partial charge >= 0.3 is 0 Å². The van der Waals surface area contributed by atoms with Crippen LogP contribution >= 0.6 is 0 Å². The van der Waals surface area contributed by atoms with Crippen molar-refractivity contribution in [1.82, 2.24) is 29.9 Å². The van der Waals surface area contributed by atoms with Crippen LogP contribution in [-0.2, 0) is 121 Å². The van der Waals surface area contributed by atoms with Gasteiger partial charge in [-0.15, -0.1) is 191 Å². The predicted molar refractivity (Wildman–Crippen MR) is 397 cm³/mol. The Kier molecular flexibility index (Phi) is 39.1. The molecule has 0 fully saturated rings. The van der Waals surface area contributed by atoms with E-state index in [1.165, 1.54) is 45.5 Å². The average molecular weight is 2430 g/mol. The molecule has 0 unspecified atom stereocenters. The minimum absolute atomic E-state index is 0. The van der Waals surface area contributed by atoms with Gasteiger partial charge in [0, 0.05) is 170 Å². The molecular formula is C91H62FIr6N7-6. The first-order chi connectivity index (χ1) is 49.0. The molecule has 0 amide bonds. The van der Waals surface area contributed by atoms with Gasteiger partial charge in [-0.05, 0) is 92.8 Å². The van der Waals surface area contributed by atoms with E-state index in [-0.39, 0.29) is 126 Å². The molecule has 0 saturated carbocycles. The molecule has 105 heavy (non-hydrogen) atoms. The molecule has 0 N–H and O–H groups in total. The molecule has 0 spiro atoms. The van der Waals surface area contributed by atoms with Crippen LogP contribution in [0.3, 0.4) is 0 Å². The van der Waals surface area contributed by atoms with Crippen molar-refractivity contribution in [2.75, 3.05) is 0 Å². The van der Waals surface area contributed by atoms with Gasteiger partial charge in [-0.3, -0.25) is 4.39 Å². The first-order valence-corrected chi connectivity index (χ1v) is 31.9. The molecule has 6 aromatic heterocycles. The van der Waals surface area contributed by atoms with Crippen molar-refractivity contribution in [3.05, 3.63) is 425 Å². The summed E-state index contributed by atoms with van der Waals surface area (Å²) in [5.74, 6) is -0.278. The summed E-state index contributed by atoms with van der Waals surface area (Å²) in [6.07, 6.45) is 10.7. The third-order valence-electron chi connectivity index (χ3n) is 15.0. The van der Waals surface area contributed by atoms with E-state index in [4.69, 9.17) is 5.26 Å². The normalized spacial score (nSPS) is 9.49. The minimum atomic E-state index is -0.278. The maximum Gasteiger partial charge on any atom is 0.0476 e. The quantitative estimate of drug-likeness (QED) is 0.126. The number of rotatable bonds is 10. The number of benzene rings is 10. The number of pyridine rings is 6. The summed E-state index contributed by atoms with van der Waals surface area (Å²) < 4.78 is 12.6. The van der Waals surface area contributed by atoms with Crippen LogP contribution in [0.25, 0.3) is 112 Å². The Morgan fingerprint density at radius 3 is 1.11 bits per heavy atom. The van der Waals surface area contributed by atoms with Crippen LogP contribution < -0.4 is 0 Å². The van der Waals surface area contributed by atoms with Crippen molar-refractivity contribution in [2.45, 2.75) is 0 Å². The molecule has 6 heterocycles. The van der Waals surface area contributed by atoms with Crippen LogP contribution in [0.1, 0.15) is 5.56 Å². The molecule has 0 aliphatic rings. The molecule has 16 aromatic rings. The van der Waals surface area contributed by atoms with E-state index in [1.807, 2.05) is 237 Å². The number of hydrogen-bond acceptors (Lipinski definition) is 7. The van der Waals surface area contributed by atoms with Gasteiger partial charge in [0.2, 0.25) is 0 Å². The van der Waals surface area contributed by atoms with E-state index in [0.717, 1.165) is 78.7 Å². The van der Waals surface area contributed by atoms with Crippen LogP contribution in [-0.4, -0.2) is 29.9 Å². The van der Waals surface area contributed by atoms with Gasteiger partial charge in [0.25, 0.3) is 0 Å². The molecule has 0 bridgehead atoms. The van der Waals surface area contributed by atoms with Crippen molar-refractivity contribution < 1.29 is 125 Å². The molecule has 0 aliphatic carbocycles. The van der Waals surface area contributed by atoms with Gasteiger partial charge in [0.05, 0.1) is 0 Å². The third-order valence-corrected chi connectivity index (χ3v) is 15.0. The molecular weight excluding hydrogens is 2360 g/mol. The molecule has 0 aliphatic heterocycles. The van der Waals surface area contributed by atoms with E-state index in [0.29, 0.717) is 5.56 Å². The first kappa shape index (κ1) is 86.1. The first-order valence-electron chi connectivity index (χ1n) is 31.9. The Bertz CT molecular complexity index is 4690. The fourth-order valence-corrected chi connectivity index (χ4v) is 10.2. The number of nitrogens with zero attached hydrogens (tertiary/aromatic N) is 7. The fourth-order valence-electron chi connectivity index (χ4n) is 10.2. The summed E-state index contributed by atoms with van der Waals surface area (Å²) in [5.41, 5.74) is 21.4. The van der Waals surface area contributed by atoms with E-state index >= 15 is 0 Å². The zero-order valence-electron chi connectivity index (χ0n) is 55.8. The van der Waals surface area contributed by atoms with Crippen LogP contribution in [0, 0.1) is 53.5 Å². The predicted octanol–water partition coefficient (Wildman–Crippen LogP) is 22.0. The summed E-state index contributed by atoms with van der Waals surface area (Å²) >= 11 is 0. The second-order valence-electron chi connectivity index (χ2n) is 21.7. The Morgan fingerprint density at radius 1 is 0.257 bits per heavy atom. The summed E-state index contributed by atoms with van der Waals surface area (Å²) in [4.78, 5) is 25.9. The van der Waals surface area contributed by atoms with Gasteiger partial charge in [-0.1, -0.05) is 210 Å². The summed E-state index contributed by atoms with van der Waals surface area (Å²) in [7, 11) is 0. The zero-order chi connectivity index (χ0) is 67.7. The van der Waals surface area contributed by atoms with Gasteiger partial charge in [-0.25, -0.2) is 5.26 Å². The maximum absolute atomic E-state index is 12.6. The molecule has 10 aromatic carbocycles. The second kappa shape index (κ2) is 47.7. The second-order valence-corrected chi connectivity index (χ2v) is 21.7. The summed E-state index contributed by atoms with van der Waals surface area (Å²) in [6.45, 7) is 0. The fraction of sp³-hybridized carbons (Fsp3) is 0. The molecule has 16 rings (SSSR count). The minimum Gasteiger partial charge on any atom is -0.305 e. The third kappa shape index (κ3) is 26.5. The van der Waals surface area contributed by atoms with Gasteiger partial charge in [0.1, 0.15) is 0 Å². The van der Waals surface area contributed by atoms with Crippen molar-refractivity contribution >= 4 is 0 Å². The number of halogens is 1. The molecule has 0 atom stereocenters. The van der Waals surface area contributed by atoms with E-state index < -0.39 is 0 Å². The van der Waals surface area contributed by atoms with Crippen LogP contribution in [0.15, 0.2) is 377 Å². The molecule has 7 nitrogen and oxygen atoms in total. The smallest absolute Gasteiger partial charge is 0.0476 e. The van der Waals surface area contributed by atoms with Crippen molar-refractivity contribution in [2.24, 2.45) is 0 Å². The molecule has 0 saturated heterocycles. The topological polar surface area (TPSA) is 101 Å². The maximum atomic E-state index is 12.6. The average Bonchev–Trinajstić information content (AvgIpc) is 0.830. The van der Waals surface area contributed by atoms with Gasteiger partial charge < -0.3 is 29.9 Å². The largest absolute Gasteiger partial charge is 0.305 e. The zero-order valence-corrected chi connectivity index (χ0v) is 70.2. The van der Waals surface area contributed by atoms with E-state index in [9.17, 15) is 4.39 Å². The molecule has 528 valence electrons. The number of hydrogen-bond donors (Lipinski definition) is 0. The van der Waals surface area contributed by atoms with Crippen molar-refractivity contribution in [3.63, 3.8) is 0 Å². The Morgan fingerprint density at radius 2 is 0.667 bits per heavy atom. The van der Waals surface area contributed by atoms with Crippen LogP contribution in [0.2, 0.25) is 0 Å². The summed E-state index contributed by atoms with van der Waals surface area (Å²) in [5, 5.41) is 8.61.